The normalized spacial score (nSPS) is 10.1. The van der Waals surface area contributed by atoms with Crippen LogP contribution in [-0.2, 0) is 7.05 Å². The molecule has 2 N–H and O–H groups in total. The minimum absolute atomic E-state index is 0.757. The van der Waals surface area contributed by atoms with Gasteiger partial charge in [-0.3, -0.25) is 4.68 Å². The Kier molecular flexibility index (Phi) is 1.20. The van der Waals surface area contributed by atoms with Crippen molar-refractivity contribution in [2.75, 3.05) is 5.73 Å². The zero-order valence-electron chi connectivity index (χ0n) is 5.97. The van der Waals surface area contributed by atoms with Crippen molar-refractivity contribution in [2.24, 2.45) is 7.05 Å². The van der Waals surface area contributed by atoms with E-state index in [9.17, 15) is 0 Å². The van der Waals surface area contributed by atoms with Gasteiger partial charge < -0.3 is 5.73 Å². The van der Waals surface area contributed by atoms with Gasteiger partial charge in [0, 0.05) is 12.6 Å². The highest BCUT2D eigenvalue weighted by Gasteiger charge is 2.02. The van der Waals surface area contributed by atoms with Gasteiger partial charge in [-0.1, -0.05) is 0 Å². The maximum atomic E-state index is 5.60. The molecule has 0 aliphatic carbocycles. The van der Waals surface area contributed by atoms with Gasteiger partial charge in [0.25, 0.3) is 0 Å². The van der Waals surface area contributed by atoms with E-state index in [2.05, 4.69) is 5.10 Å². The number of aryl methyl sites for hydroxylation is 2. The highest BCUT2D eigenvalue weighted by Crippen LogP contribution is 2.11. The molecule has 0 saturated carbocycles. The molecule has 0 fully saturated rings. The number of anilines is 1. The molecule has 0 bridgehead atoms. The van der Waals surface area contributed by atoms with E-state index in [4.69, 9.17) is 5.73 Å². The lowest BCUT2D eigenvalue weighted by Gasteiger charge is -1.91. The van der Waals surface area contributed by atoms with Crippen LogP contribution in [0.2, 0.25) is 0 Å². The molecule has 1 heterocycles. The van der Waals surface area contributed by atoms with E-state index < -0.39 is 0 Å². The second-order valence-electron chi connectivity index (χ2n) is 2.22. The molecule has 0 radical (unpaired) electrons. The summed E-state index contributed by atoms with van der Waals surface area (Å²) in [7, 11) is 1.84. The standard InChI is InChI=1S/C6H11N3/c1-4-5(2)8-9(3)6(4)7/h7H2,1-3H3. The average Bonchev–Trinajstić information content (AvgIpc) is 1.98. The van der Waals surface area contributed by atoms with E-state index >= 15 is 0 Å². The van der Waals surface area contributed by atoms with Crippen LogP contribution in [0.1, 0.15) is 11.3 Å². The van der Waals surface area contributed by atoms with Crippen LogP contribution in [0.3, 0.4) is 0 Å². The van der Waals surface area contributed by atoms with Crippen LogP contribution in [0.4, 0.5) is 5.82 Å². The second kappa shape index (κ2) is 1.76. The van der Waals surface area contributed by atoms with Crippen LogP contribution in [0.5, 0.6) is 0 Å². The molecule has 1 aromatic rings. The van der Waals surface area contributed by atoms with Crippen molar-refractivity contribution in [1.82, 2.24) is 9.78 Å². The number of nitrogen functional groups attached to an aromatic ring is 1. The highest BCUT2D eigenvalue weighted by molar-refractivity contribution is 5.41. The summed E-state index contributed by atoms with van der Waals surface area (Å²) in [4.78, 5) is 0. The van der Waals surface area contributed by atoms with Gasteiger partial charge in [-0.2, -0.15) is 5.10 Å². The fourth-order valence-electron chi connectivity index (χ4n) is 0.782. The van der Waals surface area contributed by atoms with E-state index in [1.807, 2.05) is 20.9 Å². The maximum absolute atomic E-state index is 5.60. The summed E-state index contributed by atoms with van der Waals surface area (Å²) in [5.74, 6) is 0.757. The van der Waals surface area contributed by atoms with Crippen LogP contribution in [0.25, 0.3) is 0 Å². The maximum Gasteiger partial charge on any atom is 0.124 e. The van der Waals surface area contributed by atoms with E-state index in [0.717, 1.165) is 17.1 Å². The van der Waals surface area contributed by atoms with Gasteiger partial charge in [0.2, 0.25) is 0 Å². The molecule has 0 saturated heterocycles. The Morgan fingerprint density at radius 2 is 2.00 bits per heavy atom. The van der Waals surface area contributed by atoms with Gasteiger partial charge in [0.1, 0.15) is 5.82 Å². The first kappa shape index (κ1) is 6.13. The van der Waals surface area contributed by atoms with Crippen molar-refractivity contribution in [3.05, 3.63) is 11.3 Å². The minimum atomic E-state index is 0.757. The quantitative estimate of drug-likeness (QED) is 0.552. The van der Waals surface area contributed by atoms with Gasteiger partial charge >= 0.3 is 0 Å². The Labute approximate surface area is 54.5 Å². The zero-order chi connectivity index (χ0) is 7.02. The summed E-state index contributed by atoms with van der Waals surface area (Å²) in [5.41, 5.74) is 7.69. The summed E-state index contributed by atoms with van der Waals surface area (Å²) < 4.78 is 1.69. The average molecular weight is 125 g/mol. The number of rotatable bonds is 0. The van der Waals surface area contributed by atoms with Crippen molar-refractivity contribution >= 4 is 5.82 Å². The third-order valence-corrected chi connectivity index (χ3v) is 1.58. The third-order valence-electron chi connectivity index (χ3n) is 1.58. The molecule has 0 unspecified atom stereocenters. The molecule has 3 heteroatoms. The van der Waals surface area contributed by atoms with Crippen molar-refractivity contribution < 1.29 is 0 Å². The Morgan fingerprint density at radius 1 is 1.44 bits per heavy atom. The van der Waals surface area contributed by atoms with Crippen molar-refractivity contribution in [2.45, 2.75) is 13.8 Å². The van der Waals surface area contributed by atoms with E-state index in [-0.39, 0.29) is 0 Å². The second-order valence-corrected chi connectivity index (χ2v) is 2.22. The number of hydrogen-bond donors (Lipinski definition) is 1. The Morgan fingerprint density at radius 3 is 2.11 bits per heavy atom. The Hall–Kier alpha value is -0.990. The molecule has 50 valence electrons. The smallest absolute Gasteiger partial charge is 0.124 e. The first-order chi connectivity index (χ1) is 4.13. The Balaban J connectivity index is 3.29. The molecule has 0 amide bonds. The molecule has 0 aromatic carbocycles. The lowest BCUT2D eigenvalue weighted by molar-refractivity contribution is 0.767. The number of nitrogens with zero attached hydrogens (tertiary/aromatic N) is 2. The van der Waals surface area contributed by atoms with Crippen molar-refractivity contribution in [1.29, 1.82) is 0 Å². The lowest BCUT2D eigenvalue weighted by Crippen LogP contribution is -1.97. The van der Waals surface area contributed by atoms with Gasteiger partial charge in [-0.25, -0.2) is 0 Å². The summed E-state index contributed by atoms with van der Waals surface area (Å²) >= 11 is 0. The predicted molar refractivity (Wildman–Crippen MR) is 37.1 cm³/mol. The zero-order valence-corrected chi connectivity index (χ0v) is 5.97. The molecule has 0 atom stereocenters. The number of hydrogen-bond acceptors (Lipinski definition) is 2. The number of nitrogens with two attached hydrogens (primary N) is 1. The SMILES string of the molecule is Cc1nn(C)c(N)c1C. The molecule has 9 heavy (non-hydrogen) atoms. The fourth-order valence-corrected chi connectivity index (χ4v) is 0.782. The lowest BCUT2D eigenvalue weighted by atomic mass is 10.3. The third kappa shape index (κ3) is 0.781. The minimum Gasteiger partial charge on any atom is -0.384 e. The molecule has 1 aromatic heterocycles. The molecule has 0 spiro atoms. The first-order valence-electron chi connectivity index (χ1n) is 2.88. The molecular weight excluding hydrogens is 114 g/mol. The molecule has 1 rings (SSSR count). The van der Waals surface area contributed by atoms with Crippen LogP contribution in [-0.4, -0.2) is 9.78 Å². The van der Waals surface area contributed by atoms with Crippen LogP contribution >= 0.6 is 0 Å². The van der Waals surface area contributed by atoms with Gasteiger partial charge in [-0.15, -0.1) is 0 Å². The van der Waals surface area contributed by atoms with Crippen molar-refractivity contribution in [3.8, 4) is 0 Å². The van der Waals surface area contributed by atoms with E-state index in [1.54, 1.807) is 4.68 Å². The molecular formula is C6H11N3. The van der Waals surface area contributed by atoms with Crippen LogP contribution < -0.4 is 5.73 Å². The van der Waals surface area contributed by atoms with Crippen LogP contribution in [0.15, 0.2) is 0 Å². The molecule has 0 aliphatic rings. The molecule has 3 nitrogen and oxygen atoms in total. The summed E-state index contributed by atoms with van der Waals surface area (Å²) in [6.45, 7) is 3.92. The van der Waals surface area contributed by atoms with Gasteiger partial charge in [0.05, 0.1) is 5.69 Å². The van der Waals surface area contributed by atoms with E-state index in [1.165, 1.54) is 0 Å². The highest BCUT2D eigenvalue weighted by atomic mass is 15.3. The fraction of sp³-hybridized carbons (Fsp3) is 0.500. The van der Waals surface area contributed by atoms with Gasteiger partial charge in [0.15, 0.2) is 0 Å². The Bertz CT molecular complexity index is 202. The predicted octanol–water partition coefficient (Wildman–Crippen LogP) is 0.619. The van der Waals surface area contributed by atoms with Gasteiger partial charge in [-0.05, 0) is 13.8 Å². The molecule has 0 aliphatic heterocycles. The summed E-state index contributed by atoms with van der Waals surface area (Å²) in [6.07, 6.45) is 0. The van der Waals surface area contributed by atoms with E-state index in [0.29, 0.717) is 0 Å². The summed E-state index contributed by atoms with van der Waals surface area (Å²) in [5, 5.41) is 4.10. The van der Waals surface area contributed by atoms with Crippen molar-refractivity contribution in [3.63, 3.8) is 0 Å². The monoisotopic (exact) mass is 125 g/mol. The topological polar surface area (TPSA) is 43.8 Å². The van der Waals surface area contributed by atoms with Crippen LogP contribution in [0, 0.1) is 13.8 Å². The summed E-state index contributed by atoms with van der Waals surface area (Å²) in [6, 6.07) is 0. The number of aromatic nitrogens is 2. The largest absolute Gasteiger partial charge is 0.384 e. The first-order valence-corrected chi connectivity index (χ1v) is 2.88.